The minimum atomic E-state index is 0.623. The van der Waals surface area contributed by atoms with Crippen molar-refractivity contribution in [1.82, 2.24) is 9.38 Å². The lowest BCUT2D eigenvalue weighted by Gasteiger charge is -2.01. The summed E-state index contributed by atoms with van der Waals surface area (Å²) in [6, 6.07) is 5.77. The minimum absolute atomic E-state index is 0.623. The highest BCUT2D eigenvalue weighted by molar-refractivity contribution is 9.10. The van der Waals surface area contributed by atoms with E-state index in [1.807, 2.05) is 34.2 Å². The first-order valence-electron chi connectivity index (χ1n) is 5.25. The van der Waals surface area contributed by atoms with E-state index in [1.54, 1.807) is 18.4 Å². The number of nitrogens with zero attached hydrogens (tertiary/aromatic N) is 2. The Hall–Kier alpha value is -1.53. The smallest absolute Gasteiger partial charge is 0.181 e. The maximum atomic E-state index is 6.14. The number of halogens is 1. The molecule has 0 aliphatic rings. The van der Waals surface area contributed by atoms with Crippen LogP contribution in [0.3, 0.4) is 0 Å². The zero-order chi connectivity index (χ0) is 12.7. The van der Waals surface area contributed by atoms with Crippen LogP contribution in [0.4, 0.5) is 5.82 Å². The van der Waals surface area contributed by atoms with E-state index in [1.165, 1.54) is 0 Å². The zero-order valence-corrected chi connectivity index (χ0v) is 12.0. The van der Waals surface area contributed by atoms with E-state index in [4.69, 9.17) is 10.5 Å². The van der Waals surface area contributed by atoms with Crippen molar-refractivity contribution in [3.8, 4) is 16.3 Å². The Morgan fingerprint density at radius 3 is 3.00 bits per heavy atom. The maximum Gasteiger partial charge on any atom is 0.181 e. The van der Waals surface area contributed by atoms with Crippen molar-refractivity contribution >= 4 is 38.7 Å². The third-order valence-corrected chi connectivity index (χ3v) is 4.37. The maximum absolute atomic E-state index is 6.14. The number of hydrogen-bond acceptors (Lipinski definition) is 4. The van der Waals surface area contributed by atoms with Gasteiger partial charge in [-0.25, -0.2) is 4.98 Å². The van der Waals surface area contributed by atoms with Gasteiger partial charge in [-0.1, -0.05) is 0 Å². The molecule has 0 aliphatic carbocycles. The predicted octanol–water partition coefficient (Wildman–Crippen LogP) is 3.42. The lowest BCUT2D eigenvalue weighted by molar-refractivity contribution is 0.417. The third-order valence-electron chi connectivity index (χ3n) is 2.67. The number of imidazole rings is 1. The second-order valence-corrected chi connectivity index (χ2v) is 5.57. The number of nitrogen functional groups attached to an aromatic ring is 1. The van der Waals surface area contributed by atoms with Crippen LogP contribution in [0.25, 0.3) is 16.2 Å². The fourth-order valence-corrected chi connectivity index (χ4v) is 3.26. The van der Waals surface area contributed by atoms with E-state index in [0.717, 1.165) is 20.7 Å². The van der Waals surface area contributed by atoms with E-state index >= 15 is 0 Å². The molecule has 0 fully saturated rings. The number of fused-ring (bicyclic) bond motifs is 1. The minimum Gasteiger partial charge on any atom is -0.493 e. The molecule has 0 bridgehead atoms. The van der Waals surface area contributed by atoms with E-state index < -0.39 is 0 Å². The molecule has 3 rings (SSSR count). The Balaban J connectivity index is 2.28. The summed E-state index contributed by atoms with van der Waals surface area (Å²) in [7, 11) is 1.63. The summed E-state index contributed by atoms with van der Waals surface area (Å²) in [6.45, 7) is 0. The van der Waals surface area contributed by atoms with E-state index in [0.29, 0.717) is 11.6 Å². The summed E-state index contributed by atoms with van der Waals surface area (Å²) >= 11 is 5.04. The summed E-state index contributed by atoms with van der Waals surface area (Å²) in [6.07, 6.45) is 1.88. The van der Waals surface area contributed by atoms with Crippen LogP contribution in [0.5, 0.6) is 5.75 Å². The van der Waals surface area contributed by atoms with E-state index in [-0.39, 0.29) is 0 Å². The van der Waals surface area contributed by atoms with Gasteiger partial charge in [0.25, 0.3) is 0 Å². The molecule has 2 N–H and O–H groups in total. The lowest BCUT2D eigenvalue weighted by atomic mass is 10.3. The molecule has 0 saturated heterocycles. The first kappa shape index (κ1) is 11.6. The molecule has 0 aromatic carbocycles. The molecular weight excluding hydrogens is 314 g/mol. The number of anilines is 1. The summed E-state index contributed by atoms with van der Waals surface area (Å²) in [4.78, 5) is 5.60. The first-order valence-corrected chi connectivity index (χ1v) is 6.93. The number of thiophene rings is 1. The van der Waals surface area contributed by atoms with Crippen LogP contribution in [-0.2, 0) is 0 Å². The molecule has 0 amide bonds. The topological polar surface area (TPSA) is 52.5 Å². The van der Waals surface area contributed by atoms with Crippen LogP contribution in [0.15, 0.2) is 34.2 Å². The molecule has 0 atom stereocenters. The largest absolute Gasteiger partial charge is 0.493 e. The average Bonchev–Trinajstić information content (AvgIpc) is 2.94. The standard InChI is InChI=1S/C12H10BrN3OS/c1-17-8-3-2-4-16-11(14)10(15-12(8)16)9-5-7(13)6-18-9/h2-6H,14H2,1H3. The highest BCUT2D eigenvalue weighted by Crippen LogP contribution is 2.35. The second kappa shape index (κ2) is 4.29. The number of rotatable bonds is 2. The van der Waals surface area contributed by atoms with Crippen molar-refractivity contribution in [2.45, 2.75) is 0 Å². The van der Waals surface area contributed by atoms with Gasteiger partial charge < -0.3 is 10.5 Å². The number of hydrogen-bond donors (Lipinski definition) is 1. The van der Waals surface area contributed by atoms with E-state index in [9.17, 15) is 0 Å². The predicted molar refractivity (Wildman–Crippen MR) is 77.2 cm³/mol. The molecular formula is C12H10BrN3OS. The molecule has 0 radical (unpaired) electrons. The van der Waals surface area contributed by atoms with Crippen LogP contribution in [0.2, 0.25) is 0 Å². The van der Waals surface area contributed by atoms with Gasteiger partial charge in [-0.2, -0.15) is 0 Å². The van der Waals surface area contributed by atoms with Gasteiger partial charge in [-0.05, 0) is 34.1 Å². The number of pyridine rings is 1. The van der Waals surface area contributed by atoms with Gasteiger partial charge in [-0.3, -0.25) is 4.40 Å². The average molecular weight is 324 g/mol. The first-order chi connectivity index (χ1) is 8.70. The number of nitrogens with two attached hydrogens (primary N) is 1. The number of ether oxygens (including phenoxy) is 1. The van der Waals surface area contributed by atoms with Crippen molar-refractivity contribution < 1.29 is 4.74 Å². The monoisotopic (exact) mass is 323 g/mol. The van der Waals surface area contributed by atoms with Crippen LogP contribution < -0.4 is 10.5 Å². The Bertz CT molecular complexity index is 719. The highest BCUT2D eigenvalue weighted by atomic mass is 79.9. The molecule has 0 aliphatic heterocycles. The summed E-state index contributed by atoms with van der Waals surface area (Å²) in [5, 5.41) is 2.01. The van der Waals surface area contributed by atoms with Gasteiger partial charge in [0.2, 0.25) is 0 Å². The van der Waals surface area contributed by atoms with E-state index in [2.05, 4.69) is 20.9 Å². The van der Waals surface area contributed by atoms with Gasteiger partial charge >= 0.3 is 0 Å². The summed E-state index contributed by atoms with van der Waals surface area (Å²) in [5.41, 5.74) is 7.66. The number of aromatic nitrogens is 2. The SMILES string of the molecule is COc1cccn2c(N)c(-c3cc(Br)cs3)nc12. The van der Waals surface area contributed by atoms with Crippen LogP contribution in [0, 0.1) is 0 Å². The second-order valence-electron chi connectivity index (χ2n) is 3.74. The fourth-order valence-electron chi connectivity index (χ4n) is 1.84. The van der Waals surface area contributed by atoms with Crippen LogP contribution in [0.1, 0.15) is 0 Å². The molecule has 4 nitrogen and oxygen atoms in total. The molecule has 0 spiro atoms. The van der Waals surface area contributed by atoms with Gasteiger partial charge in [0, 0.05) is 16.0 Å². The summed E-state index contributed by atoms with van der Waals surface area (Å²) < 4.78 is 8.16. The molecule has 0 unspecified atom stereocenters. The molecule has 3 aromatic heterocycles. The zero-order valence-electron chi connectivity index (χ0n) is 9.55. The summed E-state index contributed by atoms with van der Waals surface area (Å²) in [5.74, 6) is 1.34. The molecule has 18 heavy (non-hydrogen) atoms. The quantitative estimate of drug-likeness (QED) is 0.786. The van der Waals surface area contributed by atoms with Crippen molar-refractivity contribution in [2.24, 2.45) is 0 Å². The van der Waals surface area contributed by atoms with Crippen molar-refractivity contribution in [2.75, 3.05) is 12.8 Å². The fraction of sp³-hybridized carbons (Fsp3) is 0.0833. The van der Waals surface area contributed by atoms with Crippen molar-refractivity contribution in [3.63, 3.8) is 0 Å². The Morgan fingerprint density at radius 2 is 2.33 bits per heavy atom. The van der Waals surface area contributed by atoms with Crippen LogP contribution >= 0.6 is 27.3 Å². The third kappa shape index (κ3) is 1.69. The van der Waals surface area contributed by atoms with Crippen LogP contribution in [-0.4, -0.2) is 16.5 Å². The Morgan fingerprint density at radius 1 is 1.50 bits per heavy atom. The molecule has 3 aromatic rings. The molecule has 0 saturated carbocycles. The normalized spacial score (nSPS) is 11.0. The van der Waals surface area contributed by atoms with Gasteiger partial charge in [0.1, 0.15) is 11.5 Å². The van der Waals surface area contributed by atoms with Gasteiger partial charge in [-0.15, -0.1) is 11.3 Å². The molecule has 92 valence electrons. The molecule has 6 heteroatoms. The lowest BCUT2D eigenvalue weighted by Crippen LogP contribution is -1.94. The van der Waals surface area contributed by atoms with Crippen molar-refractivity contribution in [3.05, 3.63) is 34.2 Å². The van der Waals surface area contributed by atoms with Gasteiger partial charge in [0.15, 0.2) is 11.4 Å². The van der Waals surface area contributed by atoms with Crippen molar-refractivity contribution in [1.29, 1.82) is 0 Å². The van der Waals surface area contributed by atoms with Gasteiger partial charge in [0.05, 0.1) is 12.0 Å². The molecule has 3 heterocycles. The highest BCUT2D eigenvalue weighted by Gasteiger charge is 2.15. The number of methoxy groups -OCH3 is 1. The Labute approximate surface area is 116 Å². The Kier molecular flexibility index (Phi) is 2.76.